The van der Waals surface area contributed by atoms with Gasteiger partial charge >= 0.3 is 5.97 Å². The highest BCUT2D eigenvalue weighted by Crippen LogP contribution is 2.29. The lowest BCUT2D eigenvalue weighted by Gasteiger charge is -2.34. The molecule has 2 fully saturated rings. The Balaban J connectivity index is 1.19. The molecule has 5 rings (SSSR count). The molecule has 0 aliphatic carbocycles. The maximum atomic E-state index is 11.4. The van der Waals surface area contributed by atoms with Gasteiger partial charge in [0.15, 0.2) is 0 Å². The lowest BCUT2D eigenvalue weighted by molar-refractivity contribution is -0.141. The standard InChI is InChI=1S/C24H30N6O2S/c31-22(32)20-8-4-10-29(17-20)23-25-26-24(33-23)30-11-5-9-21(30)18-28-14-12-27(13-15-28)16-19-6-2-1-3-7-19/h1-3,5-7,9,11,20H,4,8,10,12-18H2,(H,31,32). The molecule has 0 bridgehead atoms. The van der Waals surface area contributed by atoms with E-state index in [9.17, 15) is 9.90 Å². The summed E-state index contributed by atoms with van der Waals surface area (Å²) < 4.78 is 2.12. The molecule has 4 heterocycles. The van der Waals surface area contributed by atoms with Crippen LogP contribution in [0.5, 0.6) is 0 Å². The molecule has 2 saturated heterocycles. The number of hydrogen-bond donors (Lipinski definition) is 1. The summed E-state index contributed by atoms with van der Waals surface area (Å²) in [5, 5.41) is 19.8. The molecule has 1 unspecified atom stereocenters. The number of rotatable bonds is 7. The first kappa shape index (κ1) is 22.1. The Morgan fingerprint density at radius 3 is 2.42 bits per heavy atom. The number of nitrogens with zero attached hydrogens (tertiary/aromatic N) is 6. The van der Waals surface area contributed by atoms with Crippen molar-refractivity contribution in [1.82, 2.24) is 24.6 Å². The van der Waals surface area contributed by atoms with E-state index in [1.165, 1.54) is 22.6 Å². The predicted octanol–water partition coefficient (Wildman–Crippen LogP) is 2.95. The monoisotopic (exact) mass is 466 g/mol. The first-order chi connectivity index (χ1) is 16.2. The number of benzene rings is 1. The van der Waals surface area contributed by atoms with E-state index in [1.54, 1.807) is 0 Å². The van der Waals surface area contributed by atoms with Crippen molar-refractivity contribution in [3.63, 3.8) is 0 Å². The maximum absolute atomic E-state index is 11.4. The van der Waals surface area contributed by atoms with Crippen LogP contribution in [0.2, 0.25) is 0 Å². The number of piperidine rings is 1. The summed E-state index contributed by atoms with van der Waals surface area (Å²) in [5.74, 6) is -1.05. The van der Waals surface area contributed by atoms with E-state index in [4.69, 9.17) is 0 Å². The van der Waals surface area contributed by atoms with Crippen LogP contribution < -0.4 is 4.90 Å². The molecule has 1 aromatic carbocycles. The van der Waals surface area contributed by atoms with E-state index in [1.807, 2.05) is 6.20 Å². The van der Waals surface area contributed by atoms with Crippen LogP contribution in [0.1, 0.15) is 24.1 Å². The van der Waals surface area contributed by atoms with Gasteiger partial charge in [0, 0.05) is 64.2 Å². The van der Waals surface area contributed by atoms with E-state index < -0.39 is 5.97 Å². The maximum Gasteiger partial charge on any atom is 0.308 e. The second-order valence-electron chi connectivity index (χ2n) is 8.90. The minimum atomic E-state index is -0.721. The van der Waals surface area contributed by atoms with Gasteiger partial charge < -0.3 is 10.0 Å². The molecule has 3 aromatic rings. The minimum Gasteiger partial charge on any atom is -0.481 e. The Morgan fingerprint density at radius 1 is 0.939 bits per heavy atom. The molecule has 0 amide bonds. The summed E-state index contributed by atoms with van der Waals surface area (Å²) in [5.41, 5.74) is 2.58. The van der Waals surface area contributed by atoms with E-state index >= 15 is 0 Å². The van der Waals surface area contributed by atoms with Crippen molar-refractivity contribution in [2.24, 2.45) is 5.92 Å². The normalized spacial score (nSPS) is 20.2. The molecule has 33 heavy (non-hydrogen) atoms. The van der Waals surface area contributed by atoms with Gasteiger partial charge in [-0.25, -0.2) is 0 Å². The number of carbonyl (C=O) groups is 1. The summed E-state index contributed by atoms with van der Waals surface area (Å²) in [7, 11) is 0. The predicted molar refractivity (Wildman–Crippen MR) is 129 cm³/mol. The topological polar surface area (TPSA) is 77.7 Å². The molecule has 2 aliphatic heterocycles. The largest absolute Gasteiger partial charge is 0.481 e. The van der Waals surface area contributed by atoms with Gasteiger partial charge in [0.2, 0.25) is 10.3 Å². The van der Waals surface area contributed by atoms with Gasteiger partial charge in [0.05, 0.1) is 5.92 Å². The van der Waals surface area contributed by atoms with E-state index in [0.717, 1.165) is 68.9 Å². The number of hydrogen-bond acceptors (Lipinski definition) is 7. The lowest BCUT2D eigenvalue weighted by Crippen LogP contribution is -2.45. The van der Waals surface area contributed by atoms with E-state index in [0.29, 0.717) is 6.54 Å². The summed E-state index contributed by atoms with van der Waals surface area (Å²) in [4.78, 5) is 18.5. The molecule has 8 nitrogen and oxygen atoms in total. The zero-order valence-electron chi connectivity index (χ0n) is 18.7. The quantitative estimate of drug-likeness (QED) is 0.574. The van der Waals surface area contributed by atoms with Crippen molar-refractivity contribution < 1.29 is 9.90 Å². The molecule has 1 atom stereocenters. The molecule has 2 aromatic heterocycles. The molecule has 1 N–H and O–H groups in total. The highest BCUT2D eigenvalue weighted by atomic mass is 32.1. The van der Waals surface area contributed by atoms with E-state index in [2.05, 4.69) is 71.9 Å². The van der Waals surface area contributed by atoms with Crippen molar-refractivity contribution >= 4 is 22.4 Å². The number of aliphatic carboxylic acids is 1. The fourth-order valence-electron chi connectivity index (χ4n) is 4.69. The Bertz CT molecular complexity index is 1060. The third kappa shape index (κ3) is 5.26. The third-order valence-corrected chi connectivity index (χ3v) is 7.57. The molecular formula is C24H30N6O2S. The molecule has 9 heteroatoms. The highest BCUT2D eigenvalue weighted by molar-refractivity contribution is 7.17. The first-order valence-electron chi connectivity index (χ1n) is 11.6. The number of carboxylic acid groups (broad SMARTS) is 1. The zero-order valence-corrected chi connectivity index (χ0v) is 19.5. The van der Waals surface area contributed by atoms with E-state index in [-0.39, 0.29) is 5.92 Å². The SMILES string of the molecule is O=C(O)C1CCCN(c2nnc(-n3cccc3CN3CCN(Cc4ccccc4)CC3)s2)C1. The molecule has 2 aliphatic rings. The van der Waals surface area contributed by atoms with Gasteiger partial charge in [0.25, 0.3) is 0 Å². The van der Waals surface area contributed by atoms with Gasteiger partial charge in [0.1, 0.15) is 0 Å². The van der Waals surface area contributed by atoms with Crippen LogP contribution in [0.25, 0.3) is 5.13 Å². The van der Waals surface area contributed by atoms with Gasteiger partial charge in [-0.3, -0.25) is 19.2 Å². The minimum absolute atomic E-state index is 0.325. The Labute approximate surface area is 198 Å². The molecule has 174 valence electrons. The van der Waals surface area contributed by atoms with Crippen LogP contribution in [0.15, 0.2) is 48.7 Å². The summed E-state index contributed by atoms with van der Waals surface area (Å²) in [6.07, 6.45) is 3.65. The van der Waals surface area contributed by atoms with Gasteiger partial charge in [-0.2, -0.15) is 0 Å². The molecule has 0 radical (unpaired) electrons. The van der Waals surface area contributed by atoms with Crippen molar-refractivity contribution in [3.8, 4) is 5.13 Å². The van der Waals surface area contributed by atoms with Crippen molar-refractivity contribution in [2.75, 3.05) is 44.2 Å². The highest BCUT2D eigenvalue weighted by Gasteiger charge is 2.27. The second kappa shape index (κ2) is 10.0. The number of carboxylic acids is 1. The van der Waals surface area contributed by atoms with Crippen molar-refractivity contribution in [3.05, 3.63) is 59.9 Å². The Morgan fingerprint density at radius 2 is 1.67 bits per heavy atom. The summed E-state index contributed by atoms with van der Waals surface area (Å²) >= 11 is 1.54. The number of anilines is 1. The molecular weight excluding hydrogens is 436 g/mol. The Kier molecular flexibility index (Phi) is 6.70. The first-order valence-corrected chi connectivity index (χ1v) is 12.4. The third-order valence-electron chi connectivity index (χ3n) is 6.58. The van der Waals surface area contributed by atoms with Gasteiger partial charge in [-0.1, -0.05) is 41.7 Å². The number of aromatic nitrogens is 3. The fourth-order valence-corrected chi connectivity index (χ4v) is 5.59. The molecule has 0 spiro atoms. The van der Waals surface area contributed by atoms with Gasteiger partial charge in [-0.05, 0) is 30.5 Å². The fraction of sp³-hybridized carbons (Fsp3) is 0.458. The smallest absolute Gasteiger partial charge is 0.308 e. The summed E-state index contributed by atoms with van der Waals surface area (Å²) in [6.45, 7) is 7.47. The van der Waals surface area contributed by atoms with Crippen LogP contribution in [0.4, 0.5) is 5.13 Å². The van der Waals surface area contributed by atoms with Crippen LogP contribution in [0.3, 0.4) is 0 Å². The molecule has 0 saturated carbocycles. The zero-order chi connectivity index (χ0) is 22.6. The van der Waals surface area contributed by atoms with Crippen LogP contribution in [-0.4, -0.2) is 74.9 Å². The second-order valence-corrected chi connectivity index (χ2v) is 9.83. The average Bonchev–Trinajstić information content (AvgIpc) is 3.51. The Hall–Kier alpha value is -2.75. The van der Waals surface area contributed by atoms with Crippen LogP contribution in [0, 0.1) is 5.92 Å². The van der Waals surface area contributed by atoms with Crippen molar-refractivity contribution in [2.45, 2.75) is 25.9 Å². The average molecular weight is 467 g/mol. The number of piperazine rings is 1. The van der Waals surface area contributed by atoms with Gasteiger partial charge in [-0.15, -0.1) is 10.2 Å². The van der Waals surface area contributed by atoms with Crippen molar-refractivity contribution in [1.29, 1.82) is 0 Å². The lowest BCUT2D eigenvalue weighted by atomic mass is 9.99. The van der Waals surface area contributed by atoms with Crippen LogP contribution >= 0.6 is 11.3 Å². The van der Waals surface area contributed by atoms with Crippen LogP contribution in [-0.2, 0) is 17.9 Å². The summed E-state index contributed by atoms with van der Waals surface area (Å²) in [6, 6.07) is 14.9.